The minimum atomic E-state index is -0.794. The molecular weight excluding hydrogens is 477 g/mol. The van der Waals surface area contributed by atoms with Crippen LogP contribution >= 0.6 is 23.2 Å². The molecule has 0 bridgehead atoms. The highest BCUT2D eigenvalue weighted by molar-refractivity contribution is 6.35. The zero-order valence-electron chi connectivity index (χ0n) is 19.5. The van der Waals surface area contributed by atoms with Crippen molar-refractivity contribution < 1.29 is 23.9 Å². The summed E-state index contributed by atoms with van der Waals surface area (Å²) in [5.74, 6) is -0.809. The number of nitrogens with one attached hydrogen (secondary N) is 1. The monoisotopic (exact) mass is 505 g/mol. The molecule has 1 fully saturated rings. The van der Waals surface area contributed by atoms with E-state index in [2.05, 4.69) is 26.1 Å². The van der Waals surface area contributed by atoms with Crippen LogP contribution in [0.4, 0.5) is 5.69 Å². The van der Waals surface area contributed by atoms with E-state index in [0.717, 1.165) is 19.3 Å². The normalized spacial score (nSPS) is 20.0. The highest BCUT2D eigenvalue weighted by Crippen LogP contribution is 2.36. The number of hydrogen-bond acceptors (Lipinski definition) is 5. The first-order chi connectivity index (χ1) is 16.2. The first kappa shape index (κ1) is 26.0. The van der Waals surface area contributed by atoms with Gasteiger partial charge in [-0.3, -0.25) is 4.79 Å². The molecule has 0 aliphatic heterocycles. The fourth-order valence-electron chi connectivity index (χ4n) is 4.28. The van der Waals surface area contributed by atoms with Gasteiger partial charge in [-0.25, -0.2) is 9.59 Å². The van der Waals surface area contributed by atoms with Gasteiger partial charge in [0.25, 0.3) is 5.91 Å². The van der Waals surface area contributed by atoms with Crippen molar-refractivity contribution in [2.45, 2.75) is 46.1 Å². The van der Waals surface area contributed by atoms with Crippen LogP contribution in [0.1, 0.15) is 60.7 Å². The summed E-state index contributed by atoms with van der Waals surface area (Å²) < 4.78 is 11.0. The Bertz CT molecular complexity index is 1060. The number of esters is 2. The molecule has 1 N–H and O–H groups in total. The van der Waals surface area contributed by atoms with Crippen LogP contribution in [0, 0.1) is 17.8 Å². The van der Waals surface area contributed by atoms with Gasteiger partial charge in [0, 0.05) is 5.02 Å². The molecule has 2 aromatic rings. The molecule has 1 aliphatic rings. The van der Waals surface area contributed by atoms with E-state index < -0.39 is 24.5 Å². The second-order valence-corrected chi connectivity index (χ2v) is 9.91. The molecule has 0 radical (unpaired) electrons. The van der Waals surface area contributed by atoms with Gasteiger partial charge in [-0.15, -0.1) is 0 Å². The van der Waals surface area contributed by atoms with Crippen LogP contribution in [-0.4, -0.2) is 30.6 Å². The van der Waals surface area contributed by atoms with Crippen LogP contribution in [0.15, 0.2) is 42.5 Å². The fraction of sp³-hybridized carbons (Fsp3) is 0.423. The SMILES string of the molecule is CC(C)[C@@H]1CC[C@@H](C)C[C@@H]1OC(=O)c1ccccc1C(=O)OCC(=O)Nc1cc(Cl)ccc1Cl. The fourth-order valence-corrected chi connectivity index (χ4v) is 4.62. The number of carbonyl (C=O) groups excluding carboxylic acids is 3. The van der Waals surface area contributed by atoms with E-state index in [0.29, 0.717) is 27.6 Å². The maximum atomic E-state index is 13.0. The minimum Gasteiger partial charge on any atom is -0.458 e. The van der Waals surface area contributed by atoms with Gasteiger partial charge in [-0.05, 0) is 60.9 Å². The van der Waals surface area contributed by atoms with E-state index in [-0.39, 0.29) is 23.1 Å². The van der Waals surface area contributed by atoms with Crippen LogP contribution < -0.4 is 5.32 Å². The van der Waals surface area contributed by atoms with E-state index in [4.69, 9.17) is 32.7 Å². The molecule has 1 amide bonds. The van der Waals surface area contributed by atoms with Crippen molar-refractivity contribution in [1.82, 2.24) is 0 Å². The zero-order chi connectivity index (χ0) is 24.8. The molecule has 0 heterocycles. The topological polar surface area (TPSA) is 81.7 Å². The quantitative estimate of drug-likeness (QED) is 0.439. The Morgan fingerprint density at radius 2 is 1.71 bits per heavy atom. The summed E-state index contributed by atoms with van der Waals surface area (Å²) in [6.45, 7) is 5.87. The number of halogens is 2. The van der Waals surface area contributed by atoms with Gasteiger partial charge in [0.15, 0.2) is 6.61 Å². The van der Waals surface area contributed by atoms with Gasteiger partial charge >= 0.3 is 11.9 Å². The average Bonchev–Trinajstić information content (AvgIpc) is 2.79. The largest absolute Gasteiger partial charge is 0.458 e. The molecule has 34 heavy (non-hydrogen) atoms. The average molecular weight is 506 g/mol. The lowest BCUT2D eigenvalue weighted by Crippen LogP contribution is -2.36. The van der Waals surface area contributed by atoms with Crippen molar-refractivity contribution >= 4 is 46.7 Å². The maximum Gasteiger partial charge on any atom is 0.339 e. The van der Waals surface area contributed by atoms with E-state index in [1.54, 1.807) is 24.3 Å². The Morgan fingerprint density at radius 3 is 2.38 bits per heavy atom. The Kier molecular flexibility index (Phi) is 8.97. The van der Waals surface area contributed by atoms with Crippen LogP contribution in [-0.2, 0) is 14.3 Å². The van der Waals surface area contributed by atoms with Gasteiger partial charge in [-0.2, -0.15) is 0 Å². The first-order valence-electron chi connectivity index (χ1n) is 11.4. The smallest absolute Gasteiger partial charge is 0.339 e. The van der Waals surface area contributed by atoms with Gasteiger partial charge < -0.3 is 14.8 Å². The lowest BCUT2D eigenvalue weighted by molar-refractivity contribution is -0.119. The molecule has 0 aromatic heterocycles. The Balaban J connectivity index is 1.65. The van der Waals surface area contributed by atoms with Gasteiger partial charge in [0.2, 0.25) is 0 Å². The molecule has 0 unspecified atom stereocenters. The van der Waals surface area contributed by atoms with Crippen molar-refractivity contribution in [2.24, 2.45) is 17.8 Å². The highest BCUT2D eigenvalue weighted by Gasteiger charge is 2.34. The third kappa shape index (κ3) is 6.73. The van der Waals surface area contributed by atoms with E-state index >= 15 is 0 Å². The number of benzene rings is 2. The highest BCUT2D eigenvalue weighted by atomic mass is 35.5. The maximum absolute atomic E-state index is 13.0. The van der Waals surface area contributed by atoms with Crippen LogP contribution in [0.25, 0.3) is 0 Å². The summed E-state index contributed by atoms with van der Waals surface area (Å²) in [6, 6.07) is 10.9. The molecule has 182 valence electrons. The molecule has 3 atom stereocenters. The number of rotatable bonds is 7. The van der Waals surface area contributed by atoms with Crippen molar-refractivity contribution in [3.8, 4) is 0 Å². The van der Waals surface area contributed by atoms with Crippen molar-refractivity contribution in [1.29, 1.82) is 0 Å². The van der Waals surface area contributed by atoms with Crippen molar-refractivity contribution in [3.63, 3.8) is 0 Å². The lowest BCUT2D eigenvalue weighted by atomic mass is 9.75. The Morgan fingerprint density at radius 1 is 1.03 bits per heavy atom. The van der Waals surface area contributed by atoms with E-state index in [9.17, 15) is 14.4 Å². The standard InChI is InChI=1S/C26H29Cl2NO5/c1-15(2)18-10-8-16(3)12-23(18)34-26(32)20-7-5-4-6-19(20)25(31)33-14-24(30)29-22-13-17(27)9-11-21(22)28/h4-7,9,11,13,15-16,18,23H,8,10,12,14H2,1-3H3,(H,29,30)/t16-,18+,23+/m1/s1. The Labute approximate surface area is 209 Å². The predicted octanol–water partition coefficient (Wildman–Crippen LogP) is 6.41. The molecule has 0 spiro atoms. The predicted molar refractivity (Wildman–Crippen MR) is 132 cm³/mol. The molecule has 2 aromatic carbocycles. The van der Waals surface area contributed by atoms with Crippen LogP contribution in [0.3, 0.4) is 0 Å². The molecular formula is C26H29Cl2NO5. The second-order valence-electron chi connectivity index (χ2n) is 9.06. The molecule has 8 heteroatoms. The third-order valence-corrected chi connectivity index (χ3v) is 6.69. The van der Waals surface area contributed by atoms with E-state index in [1.807, 2.05) is 0 Å². The number of ether oxygens (including phenoxy) is 2. The molecule has 0 saturated heterocycles. The summed E-state index contributed by atoms with van der Waals surface area (Å²) in [5.41, 5.74) is 0.471. The Hall–Kier alpha value is -2.57. The summed E-state index contributed by atoms with van der Waals surface area (Å²) >= 11 is 12.0. The molecule has 6 nitrogen and oxygen atoms in total. The molecule has 1 saturated carbocycles. The van der Waals surface area contributed by atoms with Crippen LogP contribution in [0.2, 0.25) is 10.0 Å². The summed E-state index contributed by atoms with van der Waals surface area (Å²) in [7, 11) is 0. The molecule has 1 aliphatic carbocycles. The number of hydrogen-bond donors (Lipinski definition) is 1. The second kappa shape index (κ2) is 11.7. The van der Waals surface area contributed by atoms with Gasteiger partial charge in [-0.1, -0.05) is 62.5 Å². The number of anilines is 1. The summed E-state index contributed by atoms with van der Waals surface area (Å²) in [4.78, 5) is 38.0. The molecule has 3 rings (SSSR count). The zero-order valence-corrected chi connectivity index (χ0v) is 21.0. The van der Waals surface area contributed by atoms with Crippen LogP contribution in [0.5, 0.6) is 0 Å². The summed E-state index contributed by atoms with van der Waals surface area (Å²) in [5, 5.41) is 3.24. The number of amides is 1. The van der Waals surface area contributed by atoms with Crippen molar-refractivity contribution in [3.05, 3.63) is 63.6 Å². The third-order valence-electron chi connectivity index (χ3n) is 6.12. The first-order valence-corrected chi connectivity index (χ1v) is 12.1. The lowest BCUT2D eigenvalue weighted by Gasteiger charge is -2.36. The number of carbonyl (C=O) groups is 3. The van der Waals surface area contributed by atoms with E-state index in [1.165, 1.54) is 18.2 Å². The van der Waals surface area contributed by atoms with Gasteiger partial charge in [0.1, 0.15) is 6.10 Å². The van der Waals surface area contributed by atoms with Gasteiger partial charge in [0.05, 0.1) is 21.8 Å². The van der Waals surface area contributed by atoms with Crippen molar-refractivity contribution in [2.75, 3.05) is 11.9 Å². The minimum absolute atomic E-state index is 0.0473. The summed E-state index contributed by atoms with van der Waals surface area (Å²) in [6.07, 6.45) is 2.72.